The molecule has 0 unspecified atom stereocenters. The second-order valence-electron chi connectivity index (χ2n) is 8.14. The van der Waals surface area contributed by atoms with Crippen LogP contribution in [0.1, 0.15) is 49.3 Å². The van der Waals surface area contributed by atoms with Gasteiger partial charge in [0.1, 0.15) is 12.2 Å². The molecule has 0 radical (unpaired) electrons. The van der Waals surface area contributed by atoms with E-state index in [1.165, 1.54) is 24.1 Å². The highest BCUT2D eigenvalue weighted by atomic mass is 16.5. The van der Waals surface area contributed by atoms with E-state index in [9.17, 15) is 4.79 Å². The number of nitrogens with one attached hydrogen (secondary N) is 1. The van der Waals surface area contributed by atoms with Crippen molar-refractivity contribution in [2.24, 2.45) is 5.92 Å². The predicted molar refractivity (Wildman–Crippen MR) is 113 cm³/mol. The fourth-order valence-corrected chi connectivity index (χ4v) is 3.66. The number of hydrogen-bond acceptors (Lipinski definition) is 4. The van der Waals surface area contributed by atoms with Crippen molar-refractivity contribution in [2.45, 2.75) is 38.1 Å². The van der Waals surface area contributed by atoms with Crippen molar-refractivity contribution in [3.63, 3.8) is 0 Å². The number of nitriles is 1. The first-order chi connectivity index (χ1) is 14.1. The van der Waals surface area contributed by atoms with Crippen molar-refractivity contribution in [1.29, 1.82) is 5.26 Å². The lowest BCUT2D eigenvalue weighted by Gasteiger charge is -2.41. The lowest BCUT2D eigenvalue weighted by molar-refractivity contribution is -0.120. The highest BCUT2D eigenvalue weighted by Gasteiger charge is 2.28. The number of benzene rings is 2. The third-order valence-electron chi connectivity index (χ3n) is 5.79. The van der Waals surface area contributed by atoms with Gasteiger partial charge in [0.05, 0.1) is 18.7 Å². The summed E-state index contributed by atoms with van der Waals surface area (Å²) in [5, 5.41) is 11.4. The molecule has 1 saturated carbocycles. The van der Waals surface area contributed by atoms with E-state index in [4.69, 9.17) is 10.00 Å². The molecule has 2 aromatic rings. The van der Waals surface area contributed by atoms with E-state index < -0.39 is 0 Å². The van der Waals surface area contributed by atoms with E-state index in [-0.39, 0.29) is 18.4 Å². The monoisotopic (exact) mass is 389 g/mol. The minimum absolute atomic E-state index is 0.0940. The molecule has 29 heavy (non-hydrogen) atoms. The summed E-state index contributed by atoms with van der Waals surface area (Å²) >= 11 is 0. The van der Waals surface area contributed by atoms with Gasteiger partial charge in [0.15, 0.2) is 0 Å². The minimum atomic E-state index is -0.234. The second-order valence-corrected chi connectivity index (χ2v) is 8.14. The van der Waals surface area contributed by atoms with Crippen LogP contribution >= 0.6 is 0 Å². The number of amides is 1. The third kappa shape index (κ3) is 4.89. The Bertz CT molecular complexity index is 876. The fourth-order valence-electron chi connectivity index (χ4n) is 3.66. The largest absolute Gasteiger partial charge is 0.493 e. The first kappa shape index (κ1) is 19.3. The molecule has 2 aliphatic rings. The maximum Gasteiger partial charge on any atom is 0.234 e. The molecule has 5 nitrogen and oxygen atoms in total. The van der Waals surface area contributed by atoms with E-state index in [1.807, 2.05) is 13.0 Å². The van der Waals surface area contributed by atoms with E-state index in [2.05, 4.69) is 58.7 Å². The van der Waals surface area contributed by atoms with Crippen LogP contribution < -0.4 is 15.0 Å². The van der Waals surface area contributed by atoms with Crippen LogP contribution in [0.4, 0.5) is 5.69 Å². The van der Waals surface area contributed by atoms with Crippen LogP contribution in [0.15, 0.2) is 48.5 Å². The summed E-state index contributed by atoms with van der Waals surface area (Å²) < 4.78 is 5.81. The lowest BCUT2D eigenvalue weighted by Crippen LogP contribution is -2.45. The van der Waals surface area contributed by atoms with E-state index in [0.717, 1.165) is 36.9 Å². The van der Waals surface area contributed by atoms with Gasteiger partial charge in [-0.2, -0.15) is 5.26 Å². The summed E-state index contributed by atoms with van der Waals surface area (Å²) in [7, 11) is 0. The van der Waals surface area contributed by atoms with Crippen LogP contribution in [-0.2, 0) is 4.79 Å². The van der Waals surface area contributed by atoms with Gasteiger partial charge in [0.2, 0.25) is 5.91 Å². The van der Waals surface area contributed by atoms with E-state index in [1.54, 1.807) is 0 Å². The molecule has 2 fully saturated rings. The molecule has 1 amide bonds. The summed E-state index contributed by atoms with van der Waals surface area (Å²) in [6.07, 6.45) is 2.51. The second kappa shape index (κ2) is 8.57. The summed E-state index contributed by atoms with van der Waals surface area (Å²) in [5.74, 6) is 2.03. The maximum atomic E-state index is 11.6. The van der Waals surface area contributed by atoms with Crippen molar-refractivity contribution < 1.29 is 9.53 Å². The number of nitrogens with zero attached hydrogens (tertiary/aromatic N) is 2. The Balaban J connectivity index is 1.27. The van der Waals surface area contributed by atoms with E-state index in [0.29, 0.717) is 5.92 Å². The minimum Gasteiger partial charge on any atom is -0.493 e. The number of rotatable bonds is 8. The van der Waals surface area contributed by atoms with Crippen LogP contribution in [0.25, 0.3) is 0 Å². The number of carbonyl (C=O) groups is 1. The van der Waals surface area contributed by atoms with Crippen LogP contribution in [0.3, 0.4) is 0 Å². The number of carbonyl (C=O) groups excluding carboxylic acids is 1. The number of ether oxygens (including phenoxy) is 1. The molecular formula is C24H27N3O2. The Labute approximate surface area is 172 Å². The molecule has 0 aromatic heterocycles. The van der Waals surface area contributed by atoms with Crippen molar-refractivity contribution in [2.75, 3.05) is 24.6 Å². The summed E-state index contributed by atoms with van der Waals surface area (Å²) in [6.45, 7) is 4.81. The fraction of sp³-hybridized carbons (Fsp3) is 0.417. The molecular weight excluding hydrogens is 362 g/mol. The normalized spacial score (nSPS) is 17.2. The van der Waals surface area contributed by atoms with Gasteiger partial charge in [-0.1, -0.05) is 24.3 Å². The van der Waals surface area contributed by atoms with Crippen molar-refractivity contribution in [3.05, 3.63) is 59.7 Å². The summed E-state index contributed by atoms with van der Waals surface area (Å²) in [6, 6.07) is 18.7. The molecule has 1 heterocycles. The molecule has 1 aliphatic heterocycles. The first-order valence-electron chi connectivity index (χ1n) is 10.4. The van der Waals surface area contributed by atoms with Crippen molar-refractivity contribution in [1.82, 2.24) is 5.32 Å². The first-order valence-corrected chi connectivity index (χ1v) is 10.4. The maximum absolute atomic E-state index is 11.6. The van der Waals surface area contributed by atoms with E-state index >= 15 is 0 Å². The molecule has 2 aromatic carbocycles. The van der Waals surface area contributed by atoms with Crippen molar-refractivity contribution >= 4 is 11.6 Å². The molecule has 5 heteroatoms. The molecule has 1 N–H and O–H groups in total. The standard InChI is InChI=1S/C24H27N3O2/c1-17(26-24(28)12-13-25)19-4-6-20(7-5-19)21-14-27(15-21)22-8-10-23(11-9-22)29-16-18-2-3-18/h4-11,17-18,21H,2-3,12,14-16H2,1H3,(H,26,28)/t17-/m0/s1. The number of hydrogen-bond donors (Lipinski definition) is 1. The Morgan fingerprint density at radius 1 is 1.17 bits per heavy atom. The Hall–Kier alpha value is -3.00. The zero-order chi connectivity index (χ0) is 20.2. The van der Waals surface area contributed by atoms with Gasteiger partial charge in [0, 0.05) is 24.7 Å². The SMILES string of the molecule is C[C@H](NC(=O)CC#N)c1ccc(C2CN(c3ccc(OCC4CC4)cc3)C2)cc1. The molecule has 4 rings (SSSR count). The number of anilines is 1. The smallest absolute Gasteiger partial charge is 0.234 e. The van der Waals surface area contributed by atoms with Gasteiger partial charge >= 0.3 is 0 Å². The van der Waals surface area contributed by atoms with Gasteiger partial charge in [0.25, 0.3) is 0 Å². The van der Waals surface area contributed by atoms with Crippen molar-refractivity contribution in [3.8, 4) is 11.8 Å². The zero-order valence-electron chi connectivity index (χ0n) is 16.8. The predicted octanol–water partition coefficient (Wildman–Crippen LogP) is 4.17. The topological polar surface area (TPSA) is 65.4 Å². The van der Waals surface area contributed by atoms with Crippen LogP contribution in [0, 0.1) is 17.2 Å². The average Bonchev–Trinajstić information content (AvgIpc) is 3.51. The third-order valence-corrected chi connectivity index (χ3v) is 5.79. The van der Waals surface area contributed by atoms with Crippen LogP contribution in [0.5, 0.6) is 5.75 Å². The van der Waals surface area contributed by atoms with Gasteiger partial charge in [-0.25, -0.2) is 0 Å². The molecule has 1 saturated heterocycles. The van der Waals surface area contributed by atoms with Crippen LogP contribution in [0.2, 0.25) is 0 Å². The van der Waals surface area contributed by atoms with Gasteiger partial charge in [-0.15, -0.1) is 0 Å². The zero-order valence-corrected chi connectivity index (χ0v) is 16.8. The summed E-state index contributed by atoms with van der Waals surface area (Å²) in [4.78, 5) is 14.0. The summed E-state index contributed by atoms with van der Waals surface area (Å²) in [5.41, 5.74) is 3.62. The Morgan fingerprint density at radius 3 is 2.48 bits per heavy atom. The quantitative estimate of drug-likeness (QED) is 0.736. The molecule has 1 atom stereocenters. The average molecular weight is 389 g/mol. The van der Waals surface area contributed by atoms with Gasteiger partial charge < -0.3 is 15.0 Å². The Morgan fingerprint density at radius 2 is 1.86 bits per heavy atom. The highest BCUT2D eigenvalue weighted by molar-refractivity contribution is 5.78. The highest BCUT2D eigenvalue weighted by Crippen LogP contribution is 2.34. The molecule has 150 valence electrons. The van der Waals surface area contributed by atoms with Gasteiger partial charge in [-0.05, 0) is 61.1 Å². The molecule has 0 bridgehead atoms. The van der Waals surface area contributed by atoms with Gasteiger partial charge in [-0.3, -0.25) is 4.79 Å². The Kier molecular flexibility index (Phi) is 5.71. The lowest BCUT2D eigenvalue weighted by atomic mass is 9.90. The molecule has 1 aliphatic carbocycles. The van der Waals surface area contributed by atoms with Crippen LogP contribution in [-0.4, -0.2) is 25.6 Å². The molecule has 0 spiro atoms.